The average molecular weight is 877 g/mol. The summed E-state index contributed by atoms with van der Waals surface area (Å²) in [4.78, 5) is 0. The second-order valence-electron chi connectivity index (χ2n) is 15.5. The Morgan fingerprint density at radius 3 is 1.71 bits per heavy atom. The molecule has 56 heavy (non-hydrogen) atoms. The van der Waals surface area contributed by atoms with Crippen LogP contribution in [0.5, 0.6) is 5.75 Å². The van der Waals surface area contributed by atoms with Crippen molar-refractivity contribution in [2.75, 3.05) is 12.5 Å². The van der Waals surface area contributed by atoms with Crippen LogP contribution in [0.1, 0.15) is 69.4 Å². The molecule has 5 aromatic rings. The highest BCUT2D eigenvalue weighted by molar-refractivity contribution is 9.10. The summed E-state index contributed by atoms with van der Waals surface area (Å²) < 4.78 is 35.4. The number of halogens is 3. The molecule has 5 nitrogen and oxygen atoms in total. The number of rotatable bonds is 16. The lowest BCUT2D eigenvalue weighted by Crippen LogP contribution is -2.66. The molecule has 9 heteroatoms. The van der Waals surface area contributed by atoms with Crippen molar-refractivity contribution in [2.24, 2.45) is 5.92 Å². The Hall–Kier alpha value is -2.98. The third-order valence-electron chi connectivity index (χ3n) is 10.8. The minimum Gasteiger partial charge on any atom is -0.490 e. The molecule has 0 aliphatic carbocycles. The summed E-state index contributed by atoms with van der Waals surface area (Å²) in [5, 5.41) is 2.62. The van der Waals surface area contributed by atoms with E-state index >= 15 is 0 Å². The molecule has 0 bridgehead atoms. The first kappa shape index (κ1) is 42.6. The zero-order chi connectivity index (χ0) is 39.7. The zero-order valence-corrected chi connectivity index (χ0v) is 37.0. The highest BCUT2D eigenvalue weighted by atomic mass is 79.9. The van der Waals surface area contributed by atoms with Gasteiger partial charge in [-0.25, -0.2) is 0 Å². The molecule has 296 valence electrons. The first-order valence-corrected chi connectivity index (χ1v) is 23.1. The first-order valence-electron chi connectivity index (χ1n) is 19.5. The van der Waals surface area contributed by atoms with Gasteiger partial charge in [0.25, 0.3) is 8.32 Å². The predicted molar refractivity (Wildman–Crippen MR) is 235 cm³/mol. The molecular weight excluding hydrogens is 823 g/mol. The molecule has 0 saturated carbocycles. The lowest BCUT2D eigenvalue weighted by molar-refractivity contribution is -0.235. The minimum absolute atomic E-state index is 0.0525. The van der Waals surface area contributed by atoms with Crippen LogP contribution < -0.4 is 15.1 Å². The third kappa shape index (κ3) is 9.48. The maximum Gasteiger partial charge on any atom is 0.261 e. The number of hydrogen-bond donors (Lipinski definition) is 0. The van der Waals surface area contributed by atoms with Gasteiger partial charge >= 0.3 is 0 Å². The van der Waals surface area contributed by atoms with Crippen molar-refractivity contribution < 1.29 is 23.4 Å². The highest BCUT2D eigenvalue weighted by Crippen LogP contribution is 2.48. The van der Waals surface area contributed by atoms with Crippen LogP contribution in [0.25, 0.3) is 0 Å². The maximum absolute atomic E-state index is 7.44. The van der Waals surface area contributed by atoms with Gasteiger partial charge in [-0.1, -0.05) is 168 Å². The second-order valence-corrected chi connectivity index (χ2v) is 21.3. The van der Waals surface area contributed by atoms with Crippen molar-refractivity contribution in [3.8, 4) is 5.75 Å². The molecule has 1 heterocycles. The van der Waals surface area contributed by atoms with E-state index in [1.54, 1.807) is 0 Å². The van der Waals surface area contributed by atoms with Crippen LogP contribution in [-0.4, -0.2) is 39.1 Å². The SMILES string of the molecule is CC[C@H]1OC(c2cc(CO[Si](c3ccccc3)(c3ccccc3)C(C)(C)C)c(Cl)c(OCCCl)c2Br)[C@H](OCc2ccccc2)[C@@H](OCc2ccccc2)[C@@H]1C. The molecule has 5 atom stereocenters. The Labute approximate surface area is 352 Å². The van der Waals surface area contributed by atoms with Crippen LogP contribution in [0.2, 0.25) is 10.1 Å². The normalized spacial score (nSPS) is 20.2. The average Bonchev–Trinajstić information content (AvgIpc) is 3.22. The molecule has 1 aliphatic heterocycles. The smallest absolute Gasteiger partial charge is 0.261 e. The fourth-order valence-corrected chi connectivity index (χ4v) is 13.6. The van der Waals surface area contributed by atoms with Gasteiger partial charge in [-0.3, -0.25) is 0 Å². The van der Waals surface area contributed by atoms with Gasteiger partial charge in [-0.2, -0.15) is 0 Å². The topological polar surface area (TPSA) is 46.2 Å². The van der Waals surface area contributed by atoms with E-state index in [2.05, 4.69) is 142 Å². The summed E-state index contributed by atoms with van der Waals surface area (Å²) in [7, 11) is -2.92. The van der Waals surface area contributed by atoms with Gasteiger partial charge in [0.15, 0.2) is 5.75 Å². The second kappa shape index (κ2) is 19.6. The molecular formula is C47H53BrCl2O5Si. The summed E-state index contributed by atoms with van der Waals surface area (Å²) in [6.45, 7) is 12.5. The molecule has 6 rings (SSSR count). The van der Waals surface area contributed by atoms with E-state index < -0.39 is 20.5 Å². The molecule has 1 fully saturated rings. The number of hydrogen-bond acceptors (Lipinski definition) is 5. The van der Waals surface area contributed by atoms with E-state index in [1.165, 1.54) is 10.4 Å². The van der Waals surface area contributed by atoms with Crippen LogP contribution in [0.3, 0.4) is 0 Å². The van der Waals surface area contributed by atoms with Gasteiger partial charge in [0.1, 0.15) is 18.8 Å². The van der Waals surface area contributed by atoms with E-state index in [9.17, 15) is 0 Å². The Bertz CT molecular complexity index is 1920. The lowest BCUT2D eigenvalue weighted by atomic mass is 9.84. The van der Waals surface area contributed by atoms with E-state index in [4.69, 9.17) is 46.6 Å². The number of benzene rings is 5. The molecule has 5 aromatic carbocycles. The summed E-state index contributed by atoms with van der Waals surface area (Å²) >= 11 is 17.5. The number of ether oxygens (including phenoxy) is 4. The van der Waals surface area contributed by atoms with Crippen LogP contribution in [0.15, 0.2) is 132 Å². The van der Waals surface area contributed by atoms with Gasteiger partial charge in [-0.15, -0.1) is 11.6 Å². The number of alkyl halides is 1. The molecule has 0 N–H and O–H groups in total. The van der Waals surface area contributed by atoms with E-state index in [1.807, 2.05) is 36.4 Å². The Morgan fingerprint density at radius 1 is 0.732 bits per heavy atom. The fourth-order valence-electron chi connectivity index (χ4n) is 7.97. The zero-order valence-electron chi connectivity index (χ0n) is 32.9. The standard InChI is InChI=1S/C47H53BrCl2O5Si/c1-6-40-33(2)43(52-30-34-19-11-7-12-20-34)46(53-31-35-21-13-8-14-22-35)44(55-40)39-29-36(42(50)45(41(39)48)51-28-27-49)32-54-56(47(3,4)5,37-23-15-9-16-24-37)38-25-17-10-18-26-38/h7-26,29,33,40,43-44,46H,6,27-28,30-32H2,1-5H3/t33-,40-,43+,44?,46-/m1/s1. The first-order chi connectivity index (χ1) is 27.1. The van der Waals surface area contributed by atoms with E-state index in [0.29, 0.717) is 34.3 Å². The largest absolute Gasteiger partial charge is 0.490 e. The van der Waals surface area contributed by atoms with Crippen LogP contribution in [0.4, 0.5) is 0 Å². The van der Waals surface area contributed by atoms with Crippen molar-refractivity contribution in [2.45, 2.75) is 90.3 Å². The van der Waals surface area contributed by atoms with Crippen molar-refractivity contribution in [1.82, 2.24) is 0 Å². The van der Waals surface area contributed by atoms with Crippen LogP contribution in [0, 0.1) is 5.92 Å². The molecule has 0 spiro atoms. The lowest BCUT2D eigenvalue weighted by Gasteiger charge is -2.46. The summed E-state index contributed by atoms with van der Waals surface area (Å²) in [5.41, 5.74) is 3.82. The Balaban J connectivity index is 1.46. The van der Waals surface area contributed by atoms with Gasteiger partial charge in [0.2, 0.25) is 0 Å². The summed E-state index contributed by atoms with van der Waals surface area (Å²) in [6, 6.07) is 43.9. The maximum atomic E-state index is 7.44. The monoisotopic (exact) mass is 874 g/mol. The molecule has 0 radical (unpaired) electrons. The molecule has 1 aliphatic rings. The van der Waals surface area contributed by atoms with Crippen molar-refractivity contribution in [1.29, 1.82) is 0 Å². The fraction of sp³-hybridized carbons (Fsp3) is 0.362. The Morgan fingerprint density at radius 2 is 1.23 bits per heavy atom. The van der Waals surface area contributed by atoms with Crippen LogP contribution >= 0.6 is 39.1 Å². The Kier molecular flexibility index (Phi) is 15.0. The van der Waals surface area contributed by atoms with Crippen molar-refractivity contribution >= 4 is 57.8 Å². The quantitative estimate of drug-likeness (QED) is 0.0730. The molecule has 0 aromatic heterocycles. The van der Waals surface area contributed by atoms with Gasteiger partial charge in [-0.05, 0) is 60.5 Å². The minimum atomic E-state index is -2.92. The highest BCUT2D eigenvalue weighted by Gasteiger charge is 2.51. The van der Waals surface area contributed by atoms with E-state index in [-0.39, 0.29) is 36.4 Å². The van der Waals surface area contributed by atoms with Crippen molar-refractivity contribution in [3.05, 3.63) is 159 Å². The van der Waals surface area contributed by atoms with Gasteiger partial charge in [0.05, 0.1) is 47.4 Å². The van der Waals surface area contributed by atoms with Gasteiger partial charge in [0, 0.05) is 11.5 Å². The summed E-state index contributed by atoms with van der Waals surface area (Å²) in [5.74, 6) is 0.857. The molecule has 1 saturated heterocycles. The predicted octanol–water partition coefficient (Wildman–Crippen LogP) is 11.5. The van der Waals surface area contributed by atoms with Gasteiger partial charge < -0.3 is 23.4 Å². The summed E-state index contributed by atoms with van der Waals surface area (Å²) in [6.07, 6.45) is -0.574. The van der Waals surface area contributed by atoms with Crippen molar-refractivity contribution in [3.63, 3.8) is 0 Å². The third-order valence-corrected chi connectivity index (χ3v) is 17.1. The van der Waals surface area contributed by atoms with E-state index in [0.717, 1.165) is 28.7 Å². The van der Waals surface area contributed by atoms with Crippen LogP contribution in [-0.2, 0) is 38.5 Å². The molecule has 0 amide bonds. The molecule has 1 unspecified atom stereocenters.